The molecule has 0 unspecified atom stereocenters. The van der Waals surface area contributed by atoms with Crippen LogP contribution in [-0.4, -0.2) is 16.2 Å². The van der Waals surface area contributed by atoms with Crippen molar-refractivity contribution >= 4 is 0 Å². The fraction of sp³-hybridized carbons (Fsp3) is 0.438. The smallest absolute Gasteiger partial charge is 0.0650 e. The highest BCUT2D eigenvalue weighted by Gasteiger charge is 2.12. The summed E-state index contributed by atoms with van der Waals surface area (Å²) in [6, 6.07) is 11.4. The fourth-order valence-corrected chi connectivity index (χ4v) is 2.79. The van der Waals surface area contributed by atoms with Gasteiger partial charge < -0.3 is 5.32 Å². The molecule has 1 aromatic heterocycles. The summed E-state index contributed by atoms with van der Waals surface area (Å²) >= 11 is 0. The summed E-state index contributed by atoms with van der Waals surface area (Å²) in [5.41, 5.74) is 3.62. The summed E-state index contributed by atoms with van der Waals surface area (Å²) < 4.78 is 0. The van der Waals surface area contributed by atoms with Crippen LogP contribution in [0.1, 0.15) is 37.7 Å². The van der Waals surface area contributed by atoms with Gasteiger partial charge >= 0.3 is 0 Å². The van der Waals surface area contributed by atoms with Crippen molar-refractivity contribution in [1.82, 2.24) is 15.5 Å². The lowest BCUT2D eigenvalue weighted by atomic mass is 9.95. The van der Waals surface area contributed by atoms with E-state index in [1.807, 2.05) is 6.07 Å². The first-order chi connectivity index (χ1) is 9.42. The van der Waals surface area contributed by atoms with Gasteiger partial charge in [-0.15, -0.1) is 0 Å². The molecule has 2 N–H and O–H groups in total. The van der Waals surface area contributed by atoms with E-state index in [-0.39, 0.29) is 0 Å². The summed E-state index contributed by atoms with van der Waals surface area (Å²) in [6.45, 7) is 0.980. The second kappa shape index (κ2) is 6.02. The van der Waals surface area contributed by atoms with E-state index in [2.05, 4.69) is 39.8 Å². The van der Waals surface area contributed by atoms with Gasteiger partial charge in [-0.3, -0.25) is 5.10 Å². The van der Waals surface area contributed by atoms with Gasteiger partial charge in [0, 0.05) is 18.8 Å². The Bertz CT molecular complexity index is 481. The van der Waals surface area contributed by atoms with Crippen LogP contribution in [0.2, 0.25) is 0 Å². The maximum absolute atomic E-state index is 3.98. The number of hydrogen-bond donors (Lipinski definition) is 2. The van der Waals surface area contributed by atoms with Gasteiger partial charge in [-0.1, -0.05) is 43.5 Å². The van der Waals surface area contributed by atoms with Crippen LogP contribution < -0.4 is 5.32 Å². The number of benzene rings is 1. The van der Waals surface area contributed by atoms with E-state index < -0.39 is 0 Å². The molecule has 1 fully saturated rings. The van der Waals surface area contributed by atoms with Gasteiger partial charge in [0.05, 0.1) is 5.69 Å². The van der Waals surface area contributed by atoms with Crippen LogP contribution in [0.3, 0.4) is 0 Å². The molecule has 19 heavy (non-hydrogen) atoms. The molecule has 0 radical (unpaired) electrons. The van der Waals surface area contributed by atoms with Gasteiger partial charge in [-0.25, -0.2) is 0 Å². The highest BCUT2D eigenvalue weighted by molar-refractivity contribution is 5.58. The summed E-state index contributed by atoms with van der Waals surface area (Å²) in [5.74, 6) is 0. The van der Waals surface area contributed by atoms with Gasteiger partial charge in [0.15, 0.2) is 0 Å². The molecule has 1 saturated carbocycles. The van der Waals surface area contributed by atoms with E-state index in [9.17, 15) is 0 Å². The maximum Gasteiger partial charge on any atom is 0.0650 e. The standard InChI is InChI=1S/C16H21N3/c1-2-4-15(5-3-1)17-12-13-6-8-14(9-7-13)16-10-11-18-19-16/h6-11,15,17H,1-5,12H2,(H,18,19). The number of rotatable bonds is 4. The lowest BCUT2D eigenvalue weighted by molar-refractivity contribution is 0.372. The van der Waals surface area contributed by atoms with Crippen LogP contribution in [0, 0.1) is 0 Å². The zero-order chi connectivity index (χ0) is 12.9. The largest absolute Gasteiger partial charge is 0.310 e. The van der Waals surface area contributed by atoms with Gasteiger partial charge in [0.1, 0.15) is 0 Å². The van der Waals surface area contributed by atoms with Gasteiger partial charge in [-0.05, 0) is 30.0 Å². The predicted molar refractivity (Wildman–Crippen MR) is 77.7 cm³/mol. The Morgan fingerprint density at radius 3 is 2.53 bits per heavy atom. The minimum Gasteiger partial charge on any atom is -0.310 e. The molecule has 3 nitrogen and oxygen atoms in total. The van der Waals surface area contributed by atoms with E-state index in [1.54, 1.807) is 6.20 Å². The first-order valence-electron chi connectivity index (χ1n) is 7.24. The Hall–Kier alpha value is -1.61. The van der Waals surface area contributed by atoms with Crippen LogP contribution in [0.5, 0.6) is 0 Å². The molecule has 100 valence electrons. The molecule has 3 rings (SSSR count). The van der Waals surface area contributed by atoms with Crippen molar-refractivity contribution in [3.05, 3.63) is 42.1 Å². The van der Waals surface area contributed by atoms with Crippen LogP contribution in [0.15, 0.2) is 36.5 Å². The highest BCUT2D eigenvalue weighted by Crippen LogP contribution is 2.19. The third-order valence-electron chi connectivity index (χ3n) is 3.97. The molecule has 0 spiro atoms. The summed E-state index contributed by atoms with van der Waals surface area (Å²) in [4.78, 5) is 0. The number of nitrogens with zero attached hydrogens (tertiary/aromatic N) is 1. The first kappa shape index (κ1) is 12.4. The molecule has 3 heteroatoms. The lowest BCUT2D eigenvalue weighted by Gasteiger charge is -2.22. The van der Waals surface area contributed by atoms with Gasteiger partial charge in [-0.2, -0.15) is 5.10 Å². The predicted octanol–water partition coefficient (Wildman–Crippen LogP) is 3.50. The molecule has 0 bridgehead atoms. The molecule has 1 aliphatic rings. The van der Waals surface area contributed by atoms with Crippen molar-refractivity contribution in [1.29, 1.82) is 0 Å². The Morgan fingerprint density at radius 1 is 1.05 bits per heavy atom. The summed E-state index contributed by atoms with van der Waals surface area (Å²) in [6.07, 6.45) is 8.65. The second-order valence-corrected chi connectivity index (χ2v) is 5.38. The molecule has 0 saturated heterocycles. The van der Waals surface area contributed by atoms with Crippen molar-refractivity contribution in [2.24, 2.45) is 0 Å². The van der Waals surface area contributed by atoms with E-state index >= 15 is 0 Å². The molecule has 0 aliphatic heterocycles. The maximum atomic E-state index is 3.98. The van der Waals surface area contributed by atoms with Crippen LogP contribution in [-0.2, 0) is 6.54 Å². The van der Waals surface area contributed by atoms with Crippen molar-refractivity contribution in [2.75, 3.05) is 0 Å². The molecule has 1 aliphatic carbocycles. The van der Waals surface area contributed by atoms with Gasteiger partial charge in [0.25, 0.3) is 0 Å². The molecule has 0 atom stereocenters. The molecule has 1 aromatic carbocycles. The van der Waals surface area contributed by atoms with E-state index in [0.717, 1.165) is 18.3 Å². The minimum atomic E-state index is 0.723. The Kier molecular flexibility index (Phi) is 3.94. The van der Waals surface area contributed by atoms with Gasteiger partial charge in [0.2, 0.25) is 0 Å². The number of nitrogens with one attached hydrogen (secondary N) is 2. The topological polar surface area (TPSA) is 40.7 Å². The number of aromatic amines is 1. The third-order valence-corrected chi connectivity index (χ3v) is 3.97. The van der Waals surface area contributed by atoms with Crippen LogP contribution in [0.25, 0.3) is 11.3 Å². The monoisotopic (exact) mass is 255 g/mol. The quantitative estimate of drug-likeness (QED) is 0.878. The number of H-pyrrole nitrogens is 1. The van der Waals surface area contributed by atoms with Crippen LogP contribution >= 0.6 is 0 Å². The lowest BCUT2D eigenvalue weighted by Crippen LogP contribution is -2.30. The molecular weight excluding hydrogens is 234 g/mol. The van der Waals surface area contributed by atoms with Crippen molar-refractivity contribution in [3.63, 3.8) is 0 Å². The van der Waals surface area contributed by atoms with E-state index in [0.29, 0.717) is 0 Å². The average molecular weight is 255 g/mol. The second-order valence-electron chi connectivity index (χ2n) is 5.38. The Morgan fingerprint density at radius 2 is 1.84 bits per heavy atom. The molecular formula is C16H21N3. The minimum absolute atomic E-state index is 0.723. The SMILES string of the molecule is c1cc(-c2ccc(CNC3CCCCC3)cc2)[nH]n1. The zero-order valence-electron chi connectivity index (χ0n) is 11.2. The third kappa shape index (κ3) is 3.24. The molecule has 0 amide bonds. The van der Waals surface area contributed by atoms with Crippen molar-refractivity contribution in [2.45, 2.75) is 44.7 Å². The van der Waals surface area contributed by atoms with Crippen molar-refractivity contribution < 1.29 is 0 Å². The van der Waals surface area contributed by atoms with E-state index in [1.165, 1.54) is 43.2 Å². The number of aromatic nitrogens is 2. The summed E-state index contributed by atoms with van der Waals surface area (Å²) in [5, 5.41) is 10.6. The average Bonchev–Trinajstić information content (AvgIpc) is 3.01. The molecule has 2 aromatic rings. The first-order valence-corrected chi connectivity index (χ1v) is 7.24. The highest BCUT2D eigenvalue weighted by atomic mass is 15.1. The van der Waals surface area contributed by atoms with Crippen molar-refractivity contribution in [3.8, 4) is 11.3 Å². The normalized spacial score (nSPS) is 16.6. The Balaban J connectivity index is 1.57. The van der Waals surface area contributed by atoms with Crippen LogP contribution in [0.4, 0.5) is 0 Å². The zero-order valence-corrected chi connectivity index (χ0v) is 11.2. The summed E-state index contributed by atoms with van der Waals surface area (Å²) in [7, 11) is 0. The Labute approximate surface area is 114 Å². The van der Waals surface area contributed by atoms with E-state index in [4.69, 9.17) is 0 Å². The molecule has 1 heterocycles. The fourth-order valence-electron chi connectivity index (χ4n) is 2.79. The number of hydrogen-bond acceptors (Lipinski definition) is 2.